The van der Waals surface area contributed by atoms with Gasteiger partial charge in [0.05, 0.1) is 6.54 Å². The summed E-state index contributed by atoms with van der Waals surface area (Å²) in [5.74, 6) is 1.14. The van der Waals surface area contributed by atoms with Crippen LogP contribution in [-0.4, -0.2) is 45.8 Å². The lowest BCUT2D eigenvalue weighted by atomic mass is 10.0. The number of fused-ring (bicyclic) bond motifs is 1. The van der Waals surface area contributed by atoms with Crippen molar-refractivity contribution in [2.45, 2.75) is 32.8 Å². The molecule has 4 rings (SSSR count). The van der Waals surface area contributed by atoms with Gasteiger partial charge in [-0.3, -0.25) is 9.69 Å². The summed E-state index contributed by atoms with van der Waals surface area (Å²) in [5.41, 5.74) is 4.51. The first-order valence-electron chi connectivity index (χ1n) is 9.52. The van der Waals surface area contributed by atoms with Gasteiger partial charge in [0.2, 0.25) is 0 Å². The number of hydrogen-bond acceptors (Lipinski definition) is 4. The average molecular weight is 363 g/mol. The Hall–Kier alpha value is -2.66. The van der Waals surface area contributed by atoms with Gasteiger partial charge in [-0.2, -0.15) is 0 Å². The second-order valence-electron chi connectivity index (χ2n) is 7.31. The zero-order valence-corrected chi connectivity index (χ0v) is 15.9. The Morgan fingerprint density at radius 3 is 2.59 bits per heavy atom. The molecule has 1 aliphatic rings. The third-order valence-electron chi connectivity index (χ3n) is 5.27. The second kappa shape index (κ2) is 7.53. The lowest BCUT2D eigenvalue weighted by molar-refractivity contribution is -0.118. The zero-order chi connectivity index (χ0) is 18.8. The van der Waals surface area contributed by atoms with E-state index in [1.54, 1.807) is 6.92 Å². The number of likely N-dealkylation sites (tertiary alicyclic amines) is 1. The molecule has 0 aliphatic carbocycles. The number of hydrogen-bond donors (Lipinski definition) is 0. The quantitative estimate of drug-likeness (QED) is 0.693. The van der Waals surface area contributed by atoms with E-state index in [1.807, 2.05) is 18.5 Å². The number of ketones is 1. The Bertz CT molecular complexity index is 938. The molecule has 0 radical (unpaired) electrons. The third kappa shape index (κ3) is 3.88. The Morgan fingerprint density at radius 2 is 1.89 bits per heavy atom. The highest BCUT2D eigenvalue weighted by Gasteiger charge is 2.21. The number of imidazole rings is 1. The van der Waals surface area contributed by atoms with Crippen molar-refractivity contribution in [2.24, 2.45) is 0 Å². The van der Waals surface area contributed by atoms with Gasteiger partial charge in [-0.25, -0.2) is 4.98 Å². The number of Topliss-reactive ketones (excluding diaryl/α,β-unsaturated/α-hetero) is 1. The minimum atomic E-state index is 0.225. The fourth-order valence-corrected chi connectivity index (χ4v) is 3.84. The van der Waals surface area contributed by atoms with Gasteiger partial charge in [0.25, 0.3) is 0 Å². The maximum atomic E-state index is 11.2. The lowest BCUT2D eigenvalue weighted by Gasteiger charge is -2.31. The molecular formula is C22H25N3O2. The highest BCUT2D eigenvalue weighted by Crippen LogP contribution is 2.27. The van der Waals surface area contributed by atoms with Crippen LogP contribution < -0.4 is 4.74 Å². The molecule has 27 heavy (non-hydrogen) atoms. The molecule has 0 bridgehead atoms. The van der Waals surface area contributed by atoms with Crippen LogP contribution in [0.3, 0.4) is 0 Å². The molecule has 1 aliphatic heterocycles. The molecule has 3 aromatic rings. The molecule has 0 atom stereocenters. The molecular weight excluding hydrogens is 338 g/mol. The van der Waals surface area contributed by atoms with Gasteiger partial charge in [0.15, 0.2) is 0 Å². The average Bonchev–Trinajstić information content (AvgIpc) is 3.14. The normalized spacial score (nSPS) is 15.9. The summed E-state index contributed by atoms with van der Waals surface area (Å²) in [6, 6.07) is 12.5. The Morgan fingerprint density at radius 1 is 1.15 bits per heavy atom. The molecule has 1 fully saturated rings. The van der Waals surface area contributed by atoms with E-state index in [1.165, 1.54) is 16.8 Å². The number of carbonyl (C=O) groups excluding carboxylic acids is 1. The summed E-state index contributed by atoms with van der Waals surface area (Å²) in [5, 5.41) is 0. The van der Waals surface area contributed by atoms with Gasteiger partial charge < -0.3 is 9.14 Å². The molecule has 2 aromatic heterocycles. The number of carbonyl (C=O) groups is 1. The first kappa shape index (κ1) is 17.7. The second-order valence-corrected chi connectivity index (χ2v) is 7.31. The zero-order valence-electron chi connectivity index (χ0n) is 15.9. The van der Waals surface area contributed by atoms with E-state index in [9.17, 15) is 4.79 Å². The minimum absolute atomic E-state index is 0.225. The molecule has 5 nitrogen and oxygen atoms in total. The maximum absolute atomic E-state index is 11.2. The predicted molar refractivity (Wildman–Crippen MR) is 106 cm³/mol. The number of nitrogens with zero attached hydrogens (tertiary/aromatic N) is 3. The van der Waals surface area contributed by atoms with Crippen LogP contribution >= 0.6 is 0 Å². The van der Waals surface area contributed by atoms with Crippen molar-refractivity contribution in [3.63, 3.8) is 0 Å². The smallest absolute Gasteiger partial charge is 0.143 e. The molecule has 0 unspecified atom stereocenters. The van der Waals surface area contributed by atoms with Gasteiger partial charge in [0, 0.05) is 36.7 Å². The highest BCUT2D eigenvalue weighted by atomic mass is 16.5. The molecule has 0 saturated carbocycles. The SMILES string of the molecule is CC(=O)CN1CCC(Oc2ccc(-c3ccc4nccn4c3C)cc2)CC1. The van der Waals surface area contributed by atoms with Gasteiger partial charge in [-0.15, -0.1) is 0 Å². The number of ether oxygens (including phenoxy) is 1. The first-order chi connectivity index (χ1) is 13.1. The van der Waals surface area contributed by atoms with Crippen molar-refractivity contribution in [1.82, 2.24) is 14.3 Å². The molecule has 1 aromatic carbocycles. The van der Waals surface area contributed by atoms with Crippen LogP contribution in [0.1, 0.15) is 25.5 Å². The largest absolute Gasteiger partial charge is 0.490 e. The van der Waals surface area contributed by atoms with Crippen LogP contribution in [-0.2, 0) is 4.79 Å². The molecule has 3 heterocycles. The number of piperidine rings is 1. The van der Waals surface area contributed by atoms with Gasteiger partial charge in [0.1, 0.15) is 23.3 Å². The van der Waals surface area contributed by atoms with Crippen LogP contribution in [0.15, 0.2) is 48.8 Å². The number of rotatable bonds is 5. The van der Waals surface area contributed by atoms with E-state index >= 15 is 0 Å². The molecule has 140 valence electrons. The van der Waals surface area contributed by atoms with Gasteiger partial charge >= 0.3 is 0 Å². The number of benzene rings is 1. The van der Waals surface area contributed by atoms with Crippen molar-refractivity contribution < 1.29 is 9.53 Å². The fraction of sp³-hybridized carbons (Fsp3) is 0.364. The molecule has 1 saturated heterocycles. The molecule has 0 N–H and O–H groups in total. The van der Waals surface area contributed by atoms with Crippen molar-refractivity contribution >= 4 is 11.4 Å². The van der Waals surface area contributed by atoms with Crippen LogP contribution in [0.25, 0.3) is 16.8 Å². The number of aryl methyl sites for hydroxylation is 1. The summed E-state index contributed by atoms with van der Waals surface area (Å²) < 4.78 is 8.27. The van der Waals surface area contributed by atoms with E-state index in [0.717, 1.165) is 37.3 Å². The molecule has 0 spiro atoms. The van der Waals surface area contributed by atoms with E-state index in [4.69, 9.17) is 4.74 Å². The summed E-state index contributed by atoms with van der Waals surface area (Å²) in [4.78, 5) is 17.8. The first-order valence-corrected chi connectivity index (χ1v) is 9.52. The van der Waals surface area contributed by atoms with Crippen molar-refractivity contribution in [2.75, 3.05) is 19.6 Å². The van der Waals surface area contributed by atoms with E-state index in [2.05, 4.69) is 51.5 Å². The fourth-order valence-electron chi connectivity index (χ4n) is 3.84. The summed E-state index contributed by atoms with van der Waals surface area (Å²) >= 11 is 0. The van der Waals surface area contributed by atoms with Crippen LogP contribution in [0.2, 0.25) is 0 Å². The number of pyridine rings is 1. The number of aromatic nitrogens is 2. The van der Waals surface area contributed by atoms with Crippen LogP contribution in [0, 0.1) is 6.92 Å². The summed E-state index contributed by atoms with van der Waals surface area (Å²) in [6.45, 7) is 6.17. The Kier molecular flexibility index (Phi) is 4.94. The van der Waals surface area contributed by atoms with Gasteiger partial charge in [-0.1, -0.05) is 12.1 Å². The van der Waals surface area contributed by atoms with Crippen molar-refractivity contribution in [3.8, 4) is 16.9 Å². The van der Waals surface area contributed by atoms with Crippen molar-refractivity contribution in [1.29, 1.82) is 0 Å². The maximum Gasteiger partial charge on any atom is 0.143 e. The monoisotopic (exact) mass is 363 g/mol. The third-order valence-corrected chi connectivity index (χ3v) is 5.27. The van der Waals surface area contributed by atoms with Gasteiger partial charge in [-0.05, 0) is 56.5 Å². The molecule has 0 amide bonds. The minimum Gasteiger partial charge on any atom is -0.490 e. The van der Waals surface area contributed by atoms with E-state index < -0.39 is 0 Å². The Balaban J connectivity index is 1.42. The van der Waals surface area contributed by atoms with E-state index in [-0.39, 0.29) is 11.9 Å². The highest BCUT2D eigenvalue weighted by molar-refractivity contribution is 5.77. The van der Waals surface area contributed by atoms with Crippen molar-refractivity contribution in [3.05, 3.63) is 54.5 Å². The van der Waals surface area contributed by atoms with Crippen LogP contribution in [0.4, 0.5) is 0 Å². The van der Waals surface area contributed by atoms with E-state index in [0.29, 0.717) is 6.54 Å². The topological polar surface area (TPSA) is 46.8 Å². The molecule has 5 heteroatoms. The van der Waals surface area contributed by atoms with Crippen LogP contribution in [0.5, 0.6) is 5.75 Å². The summed E-state index contributed by atoms with van der Waals surface area (Å²) in [7, 11) is 0. The summed E-state index contributed by atoms with van der Waals surface area (Å²) in [6.07, 6.45) is 5.97. The Labute approximate surface area is 159 Å². The lowest BCUT2D eigenvalue weighted by Crippen LogP contribution is -2.40. The standard InChI is InChI=1S/C22H25N3O2/c1-16(26)15-24-12-9-20(10-13-24)27-19-5-3-18(4-6-19)21-7-8-22-23-11-14-25(22)17(21)2/h3-8,11,14,20H,9-10,12-13,15H2,1-2H3. The predicted octanol–water partition coefficient (Wildman–Crippen LogP) is 3.74.